The number of nitrogens with zero attached hydrogens (tertiary/aromatic N) is 1. The van der Waals surface area contributed by atoms with E-state index < -0.39 is 0 Å². The average molecular weight is 404 g/mol. The van der Waals surface area contributed by atoms with Gasteiger partial charge in [0.2, 0.25) is 0 Å². The van der Waals surface area contributed by atoms with Crippen molar-refractivity contribution in [2.75, 3.05) is 10.6 Å². The number of nitrogens with one attached hydrogen (secondary N) is 3. The van der Waals surface area contributed by atoms with Crippen molar-refractivity contribution in [2.24, 2.45) is 0 Å². The lowest BCUT2D eigenvalue weighted by molar-refractivity contribution is 0.102. The number of benzene rings is 2. The minimum absolute atomic E-state index is 0.0141. The molecule has 7 heteroatoms. The molecule has 154 valence electrons. The molecule has 0 unspecified atom stereocenters. The van der Waals surface area contributed by atoms with Crippen molar-refractivity contribution in [3.05, 3.63) is 84.2 Å². The highest BCUT2D eigenvalue weighted by atomic mass is 16.5. The highest BCUT2D eigenvalue weighted by Gasteiger charge is 2.14. The zero-order chi connectivity index (χ0) is 21.3. The molecule has 0 spiro atoms. The number of aromatic nitrogens is 1. The fourth-order valence-electron chi connectivity index (χ4n) is 2.71. The first-order valence-corrected chi connectivity index (χ1v) is 9.62. The zero-order valence-electron chi connectivity index (χ0n) is 16.9. The maximum Gasteiger partial charge on any atom is 0.319 e. The Morgan fingerprint density at radius 2 is 1.77 bits per heavy atom. The van der Waals surface area contributed by atoms with E-state index in [0.717, 1.165) is 5.69 Å². The lowest BCUT2D eigenvalue weighted by Crippen LogP contribution is -2.34. The first-order chi connectivity index (χ1) is 14.5. The van der Waals surface area contributed by atoms with Gasteiger partial charge in [0, 0.05) is 24.0 Å². The first-order valence-electron chi connectivity index (χ1n) is 9.62. The van der Waals surface area contributed by atoms with E-state index in [1.54, 1.807) is 48.7 Å². The number of urea groups is 1. The molecule has 0 radical (unpaired) electrons. The molecule has 1 aromatic heterocycles. The molecule has 3 rings (SSSR count). The molecule has 30 heavy (non-hydrogen) atoms. The van der Waals surface area contributed by atoms with Crippen LogP contribution >= 0.6 is 0 Å². The molecule has 0 atom stereocenters. The molecule has 0 fully saturated rings. The summed E-state index contributed by atoms with van der Waals surface area (Å²) in [5, 5.41) is 8.30. The summed E-state index contributed by atoms with van der Waals surface area (Å²) in [5.41, 5.74) is 2.18. The summed E-state index contributed by atoms with van der Waals surface area (Å²) in [4.78, 5) is 29.0. The van der Waals surface area contributed by atoms with Crippen molar-refractivity contribution in [1.29, 1.82) is 0 Å². The quantitative estimate of drug-likeness (QED) is 0.543. The molecule has 0 aliphatic heterocycles. The van der Waals surface area contributed by atoms with Gasteiger partial charge in [0.1, 0.15) is 12.4 Å². The van der Waals surface area contributed by atoms with Gasteiger partial charge in [0.25, 0.3) is 5.91 Å². The Kier molecular flexibility index (Phi) is 7.00. The summed E-state index contributed by atoms with van der Waals surface area (Å²) in [6.45, 7) is 4.05. The topological polar surface area (TPSA) is 92.4 Å². The molecule has 3 amide bonds. The molecule has 0 saturated carbocycles. The first kappa shape index (κ1) is 20.9. The minimum Gasteiger partial charge on any atom is -0.487 e. The van der Waals surface area contributed by atoms with E-state index in [-0.39, 0.29) is 18.0 Å². The number of carbonyl (C=O) groups is 2. The average Bonchev–Trinajstić information content (AvgIpc) is 2.73. The fraction of sp³-hybridized carbons (Fsp3) is 0.174. The Balaban J connectivity index is 1.67. The second-order valence-corrected chi connectivity index (χ2v) is 6.89. The standard InChI is InChI=1S/C23H24N4O3/c1-16(2)25-23(29)27-21-12-4-3-11-20(21)22(28)26-17-9-7-10-19(14-17)30-15-18-8-5-6-13-24-18/h3-14,16H,15H2,1-2H3,(H,26,28)(H2,25,27,29). The van der Waals surface area contributed by atoms with Gasteiger partial charge >= 0.3 is 6.03 Å². The largest absolute Gasteiger partial charge is 0.487 e. The summed E-state index contributed by atoms with van der Waals surface area (Å²) in [6, 6.07) is 19.2. The van der Waals surface area contributed by atoms with Crippen LogP contribution in [0.1, 0.15) is 29.9 Å². The third kappa shape index (κ3) is 6.07. The summed E-state index contributed by atoms with van der Waals surface area (Å²) < 4.78 is 5.75. The number of carbonyl (C=O) groups excluding carboxylic acids is 2. The van der Waals surface area contributed by atoms with Crippen LogP contribution in [-0.4, -0.2) is 23.0 Å². The molecular formula is C23H24N4O3. The lowest BCUT2D eigenvalue weighted by Gasteiger charge is -2.14. The van der Waals surface area contributed by atoms with Crippen LogP contribution in [0.25, 0.3) is 0 Å². The zero-order valence-corrected chi connectivity index (χ0v) is 16.9. The molecule has 0 bridgehead atoms. The summed E-state index contributed by atoms with van der Waals surface area (Å²) in [7, 11) is 0. The number of pyridine rings is 1. The number of para-hydroxylation sites is 1. The van der Waals surface area contributed by atoms with Crippen molar-refractivity contribution >= 4 is 23.3 Å². The molecular weight excluding hydrogens is 380 g/mol. The number of rotatable bonds is 7. The van der Waals surface area contributed by atoms with E-state index in [1.807, 2.05) is 38.1 Å². The van der Waals surface area contributed by atoms with Crippen LogP contribution in [0, 0.1) is 0 Å². The van der Waals surface area contributed by atoms with E-state index in [4.69, 9.17) is 4.74 Å². The van der Waals surface area contributed by atoms with Gasteiger partial charge in [0.05, 0.1) is 16.9 Å². The molecule has 0 aliphatic carbocycles. The van der Waals surface area contributed by atoms with Gasteiger partial charge < -0.3 is 20.7 Å². The summed E-state index contributed by atoms with van der Waals surface area (Å²) in [5.74, 6) is 0.276. The number of hydrogen-bond donors (Lipinski definition) is 3. The van der Waals surface area contributed by atoms with Crippen molar-refractivity contribution < 1.29 is 14.3 Å². The van der Waals surface area contributed by atoms with Crippen LogP contribution in [0.3, 0.4) is 0 Å². The Morgan fingerprint density at radius 1 is 0.967 bits per heavy atom. The SMILES string of the molecule is CC(C)NC(=O)Nc1ccccc1C(=O)Nc1cccc(OCc2ccccn2)c1. The highest BCUT2D eigenvalue weighted by Crippen LogP contribution is 2.21. The minimum atomic E-state index is -0.366. The number of anilines is 2. The lowest BCUT2D eigenvalue weighted by atomic mass is 10.1. The van der Waals surface area contributed by atoms with Crippen molar-refractivity contribution in [2.45, 2.75) is 26.5 Å². The normalized spacial score (nSPS) is 10.4. The van der Waals surface area contributed by atoms with Gasteiger partial charge in [-0.3, -0.25) is 9.78 Å². The van der Waals surface area contributed by atoms with E-state index in [0.29, 0.717) is 29.3 Å². The summed E-state index contributed by atoms with van der Waals surface area (Å²) >= 11 is 0. The van der Waals surface area contributed by atoms with Crippen LogP contribution in [0.5, 0.6) is 5.75 Å². The number of amides is 3. The van der Waals surface area contributed by atoms with Crippen molar-refractivity contribution in [3.8, 4) is 5.75 Å². The number of ether oxygens (including phenoxy) is 1. The van der Waals surface area contributed by atoms with Crippen LogP contribution in [0.4, 0.5) is 16.2 Å². The van der Waals surface area contributed by atoms with Crippen LogP contribution in [0.2, 0.25) is 0 Å². The van der Waals surface area contributed by atoms with Gasteiger partial charge in [-0.25, -0.2) is 4.79 Å². The molecule has 2 aromatic carbocycles. The second-order valence-electron chi connectivity index (χ2n) is 6.89. The van der Waals surface area contributed by atoms with Gasteiger partial charge in [0.15, 0.2) is 0 Å². The molecule has 3 N–H and O–H groups in total. The Labute approximate surface area is 175 Å². The Morgan fingerprint density at radius 3 is 2.53 bits per heavy atom. The Bertz CT molecular complexity index is 1010. The summed E-state index contributed by atoms with van der Waals surface area (Å²) in [6.07, 6.45) is 1.71. The maximum atomic E-state index is 12.8. The van der Waals surface area contributed by atoms with Gasteiger partial charge in [-0.15, -0.1) is 0 Å². The van der Waals surface area contributed by atoms with E-state index >= 15 is 0 Å². The van der Waals surface area contributed by atoms with Gasteiger partial charge in [-0.1, -0.05) is 24.3 Å². The van der Waals surface area contributed by atoms with Crippen molar-refractivity contribution in [3.63, 3.8) is 0 Å². The Hall–Kier alpha value is -3.87. The molecule has 3 aromatic rings. The highest BCUT2D eigenvalue weighted by molar-refractivity contribution is 6.10. The van der Waals surface area contributed by atoms with Crippen LogP contribution in [0.15, 0.2) is 72.9 Å². The third-order valence-corrected chi connectivity index (χ3v) is 4.04. The van der Waals surface area contributed by atoms with E-state index in [2.05, 4.69) is 20.9 Å². The van der Waals surface area contributed by atoms with Crippen LogP contribution in [-0.2, 0) is 6.61 Å². The third-order valence-electron chi connectivity index (χ3n) is 4.04. The fourth-order valence-corrected chi connectivity index (χ4v) is 2.71. The van der Waals surface area contributed by atoms with Crippen LogP contribution < -0.4 is 20.7 Å². The molecule has 1 heterocycles. The van der Waals surface area contributed by atoms with Gasteiger partial charge in [-0.05, 0) is 50.2 Å². The molecule has 7 nitrogen and oxygen atoms in total. The van der Waals surface area contributed by atoms with E-state index in [9.17, 15) is 9.59 Å². The van der Waals surface area contributed by atoms with Gasteiger partial charge in [-0.2, -0.15) is 0 Å². The molecule has 0 aliphatic rings. The number of hydrogen-bond acceptors (Lipinski definition) is 4. The monoisotopic (exact) mass is 404 g/mol. The predicted octanol–water partition coefficient (Wildman–Crippen LogP) is 4.44. The smallest absolute Gasteiger partial charge is 0.319 e. The second kappa shape index (κ2) is 10.1. The maximum absolute atomic E-state index is 12.8. The molecule has 0 saturated heterocycles. The van der Waals surface area contributed by atoms with Crippen molar-refractivity contribution in [1.82, 2.24) is 10.3 Å². The predicted molar refractivity (Wildman–Crippen MR) is 117 cm³/mol. The van der Waals surface area contributed by atoms with E-state index in [1.165, 1.54) is 0 Å².